The summed E-state index contributed by atoms with van der Waals surface area (Å²) in [7, 11) is 0. The minimum atomic E-state index is -0.0226. The minimum Gasteiger partial charge on any atom is -0.378 e. The van der Waals surface area contributed by atoms with Gasteiger partial charge in [0.05, 0.1) is 19.3 Å². The van der Waals surface area contributed by atoms with Crippen LogP contribution in [0.2, 0.25) is 0 Å². The first-order valence-corrected chi connectivity index (χ1v) is 7.61. The van der Waals surface area contributed by atoms with Crippen molar-refractivity contribution in [2.45, 2.75) is 25.4 Å². The van der Waals surface area contributed by atoms with E-state index in [9.17, 15) is 4.79 Å². The van der Waals surface area contributed by atoms with E-state index in [1.165, 1.54) is 0 Å². The minimum absolute atomic E-state index is 0.0226. The number of anilines is 1. The number of ether oxygens (including phenoxy) is 1. The Bertz CT molecular complexity index is 465. The Morgan fingerprint density at radius 2 is 2.29 bits per heavy atom. The van der Waals surface area contributed by atoms with Crippen molar-refractivity contribution in [2.75, 3.05) is 37.7 Å². The van der Waals surface area contributed by atoms with Gasteiger partial charge in [0.15, 0.2) is 0 Å². The normalized spacial score (nSPS) is 22.3. The van der Waals surface area contributed by atoms with Gasteiger partial charge in [-0.3, -0.25) is 4.79 Å². The highest BCUT2D eigenvalue weighted by Crippen LogP contribution is 2.13. The molecule has 0 saturated carbocycles. The van der Waals surface area contributed by atoms with E-state index in [0.29, 0.717) is 6.54 Å². The molecule has 0 spiro atoms. The molecule has 2 aliphatic heterocycles. The summed E-state index contributed by atoms with van der Waals surface area (Å²) < 4.78 is 5.34. The van der Waals surface area contributed by atoms with Gasteiger partial charge in [0.25, 0.3) is 0 Å². The molecule has 0 radical (unpaired) electrons. The maximum atomic E-state index is 11.9. The Kier molecular flexibility index (Phi) is 4.67. The van der Waals surface area contributed by atoms with Crippen LogP contribution >= 0.6 is 0 Å². The van der Waals surface area contributed by atoms with E-state index >= 15 is 0 Å². The SMILES string of the molecule is O=C(NCc1ccc(N2CCOCC2)nc1)C1CCCN1. The maximum Gasteiger partial charge on any atom is 0.237 e. The van der Waals surface area contributed by atoms with E-state index in [-0.39, 0.29) is 11.9 Å². The number of carbonyl (C=O) groups excluding carboxylic acids is 1. The quantitative estimate of drug-likeness (QED) is 0.834. The molecule has 2 fully saturated rings. The molecule has 6 nitrogen and oxygen atoms in total. The van der Waals surface area contributed by atoms with Crippen molar-refractivity contribution in [1.29, 1.82) is 0 Å². The molecule has 114 valence electrons. The lowest BCUT2D eigenvalue weighted by Gasteiger charge is -2.27. The molecule has 2 N–H and O–H groups in total. The van der Waals surface area contributed by atoms with Gasteiger partial charge in [0, 0.05) is 25.8 Å². The van der Waals surface area contributed by atoms with Gasteiger partial charge in [-0.1, -0.05) is 6.07 Å². The van der Waals surface area contributed by atoms with Gasteiger partial charge >= 0.3 is 0 Å². The van der Waals surface area contributed by atoms with Crippen LogP contribution in [0.3, 0.4) is 0 Å². The molecular formula is C15H22N4O2. The highest BCUT2D eigenvalue weighted by molar-refractivity contribution is 5.81. The van der Waals surface area contributed by atoms with Crippen molar-refractivity contribution in [3.8, 4) is 0 Å². The Labute approximate surface area is 124 Å². The summed E-state index contributed by atoms with van der Waals surface area (Å²) in [4.78, 5) is 18.6. The Balaban J connectivity index is 1.50. The molecule has 0 bridgehead atoms. The van der Waals surface area contributed by atoms with E-state index in [0.717, 1.165) is 57.1 Å². The Morgan fingerprint density at radius 1 is 1.43 bits per heavy atom. The van der Waals surface area contributed by atoms with Crippen LogP contribution in [0.4, 0.5) is 5.82 Å². The van der Waals surface area contributed by atoms with Gasteiger partial charge in [-0.2, -0.15) is 0 Å². The van der Waals surface area contributed by atoms with E-state index in [1.54, 1.807) is 0 Å². The first-order chi connectivity index (χ1) is 10.3. The van der Waals surface area contributed by atoms with Crippen LogP contribution in [0.1, 0.15) is 18.4 Å². The molecule has 3 heterocycles. The standard InChI is InChI=1S/C15H22N4O2/c20-15(13-2-1-5-16-13)18-11-12-3-4-14(17-10-12)19-6-8-21-9-7-19/h3-4,10,13,16H,1-2,5-9,11H2,(H,18,20). The molecule has 1 amide bonds. The molecule has 3 rings (SSSR count). The van der Waals surface area contributed by atoms with Gasteiger partial charge in [0.2, 0.25) is 5.91 Å². The number of hydrogen-bond acceptors (Lipinski definition) is 5. The zero-order chi connectivity index (χ0) is 14.5. The van der Waals surface area contributed by atoms with Crippen LogP contribution in [0.25, 0.3) is 0 Å². The van der Waals surface area contributed by atoms with E-state index in [1.807, 2.05) is 18.3 Å². The molecular weight excluding hydrogens is 268 g/mol. The number of carbonyl (C=O) groups is 1. The third-order valence-electron chi connectivity index (χ3n) is 3.99. The fourth-order valence-electron chi connectivity index (χ4n) is 2.72. The summed E-state index contributed by atoms with van der Waals surface area (Å²) >= 11 is 0. The zero-order valence-corrected chi connectivity index (χ0v) is 12.2. The van der Waals surface area contributed by atoms with Crippen molar-refractivity contribution < 1.29 is 9.53 Å². The second-order valence-electron chi connectivity index (χ2n) is 5.49. The first kappa shape index (κ1) is 14.3. The molecule has 0 aromatic carbocycles. The second kappa shape index (κ2) is 6.87. The van der Waals surface area contributed by atoms with Crippen LogP contribution in [-0.4, -0.2) is 49.8 Å². The third-order valence-corrected chi connectivity index (χ3v) is 3.99. The van der Waals surface area contributed by atoms with Crippen LogP contribution < -0.4 is 15.5 Å². The third kappa shape index (κ3) is 3.71. The fraction of sp³-hybridized carbons (Fsp3) is 0.600. The number of hydrogen-bond donors (Lipinski definition) is 2. The van der Waals surface area contributed by atoms with Gasteiger partial charge in [0.1, 0.15) is 5.82 Å². The highest BCUT2D eigenvalue weighted by atomic mass is 16.5. The van der Waals surface area contributed by atoms with Crippen LogP contribution in [0.15, 0.2) is 18.3 Å². The fourth-order valence-corrected chi connectivity index (χ4v) is 2.72. The monoisotopic (exact) mass is 290 g/mol. The Morgan fingerprint density at radius 3 is 2.95 bits per heavy atom. The summed E-state index contributed by atoms with van der Waals surface area (Å²) in [5, 5.41) is 6.16. The highest BCUT2D eigenvalue weighted by Gasteiger charge is 2.21. The van der Waals surface area contributed by atoms with Crippen molar-refractivity contribution in [3.05, 3.63) is 23.9 Å². The summed E-state index contributed by atoms with van der Waals surface area (Å²) in [5.41, 5.74) is 1.03. The first-order valence-electron chi connectivity index (χ1n) is 7.61. The lowest BCUT2D eigenvalue weighted by atomic mass is 10.2. The smallest absolute Gasteiger partial charge is 0.237 e. The average molecular weight is 290 g/mol. The van der Waals surface area contributed by atoms with Crippen molar-refractivity contribution >= 4 is 11.7 Å². The molecule has 6 heteroatoms. The lowest BCUT2D eigenvalue weighted by Crippen LogP contribution is -2.40. The van der Waals surface area contributed by atoms with Gasteiger partial charge < -0.3 is 20.3 Å². The number of morpholine rings is 1. The van der Waals surface area contributed by atoms with Crippen molar-refractivity contribution in [2.24, 2.45) is 0 Å². The van der Waals surface area contributed by atoms with Crippen LogP contribution in [-0.2, 0) is 16.1 Å². The summed E-state index contributed by atoms with van der Waals surface area (Å²) in [5.74, 6) is 1.07. The largest absolute Gasteiger partial charge is 0.378 e. The maximum absolute atomic E-state index is 11.9. The molecule has 1 aromatic rings. The predicted octanol–water partition coefficient (Wildman–Crippen LogP) is 0.286. The molecule has 1 unspecified atom stereocenters. The Hall–Kier alpha value is -1.66. The molecule has 2 aliphatic rings. The number of nitrogens with one attached hydrogen (secondary N) is 2. The number of nitrogens with zero attached hydrogens (tertiary/aromatic N) is 2. The molecule has 2 saturated heterocycles. The van der Waals surface area contributed by atoms with Gasteiger partial charge in [-0.15, -0.1) is 0 Å². The molecule has 1 aromatic heterocycles. The zero-order valence-electron chi connectivity index (χ0n) is 12.2. The summed E-state index contributed by atoms with van der Waals surface area (Å²) in [6.45, 7) is 4.76. The number of rotatable bonds is 4. The molecule has 0 aliphatic carbocycles. The van der Waals surface area contributed by atoms with E-state index in [4.69, 9.17) is 4.74 Å². The topological polar surface area (TPSA) is 66.5 Å². The molecule has 21 heavy (non-hydrogen) atoms. The lowest BCUT2D eigenvalue weighted by molar-refractivity contribution is -0.122. The molecule has 1 atom stereocenters. The van der Waals surface area contributed by atoms with E-state index in [2.05, 4.69) is 20.5 Å². The predicted molar refractivity (Wildman–Crippen MR) is 80.1 cm³/mol. The van der Waals surface area contributed by atoms with Crippen molar-refractivity contribution in [1.82, 2.24) is 15.6 Å². The van der Waals surface area contributed by atoms with Gasteiger partial charge in [-0.25, -0.2) is 4.98 Å². The second-order valence-corrected chi connectivity index (χ2v) is 5.49. The average Bonchev–Trinajstić information content (AvgIpc) is 3.08. The summed E-state index contributed by atoms with van der Waals surface area (Å²) in [6.07, 6.45) is 3.85. The summed E-state index contributed by atoms with van der Waals surface area (Å²) in [6, 6.07) is 4.02. The van der Waals surface area contributed by atoms with E-state index < -0.39 is 0 Å². The number of aromatic nitrogens is 1. The van der Waals surface area contributed by atoms with Crippen molar-refractivity contribution in [3.63, 3.8) is 0 Å². The number of amides is 1. The number of pyridine rings is 1. The van der Waals surface area contributed by atoms with Crippen LogP contribution in [0, 0.1) is 0 Å². The van der Waals surface area contributed by atoms with Crippen LogP contribution in [0.5, 0.6) is 0 Å². The van der Waals surface area contributed by atoms with Gasteiger partial charge in [-0.05, 0) is 31.0 Å².